The number of nitrogens with one attached hydrogen (secondary N) is 1. The number of hydrazine groups is 1. The van der Waals surface area contributed by atoms with Gasteiger partial charge >= 0.3 is 0 Å². The molecule has 0 fully saturated rings. The highest BCUT2D eigenvalue weighted by Crippen LogP contribution is 2.23. The summed E-state index contributed by atoms with van der Waals surface area (Å²) in [6.07, 6.45) is 0. The maximum atomic E-state index is 5.36. The lowest BCUT2D eigenvalue weighted by atomic mass is 10.3. The van der Waals surface area contributed by atoms with Crippen LogP contribution in [0.1, 0.15) is 6.92 Å². The van der Waals surface area contributed by atoms with E-state index >= 15 is 0 Å². The zero-order chi connectivity index (χ0) is 8.97. The van der Waals surface area contributed by atoms with Crippen LogP contribution < -0.4 is 16.0 Å². The van der Waals surface area contributed by atoms with Gasteiger partial charge in [0, 0.05) is 5.69 Å². The molecule has 12 heavy (non-hydrogen) atoms. The van der Waals surface area contributed by atoms with Crippen molar-refractivity contribution in [3.05, 3.63) is 21.8 Å². The molecule has 1 aromatic rings. The minimum atomic E-state index is 0.686. The molecule has 0 bridgehead atoms. The fourth-order valence-corrected chi connectivity index (χ4v) is 1.53. The van der Waals surface area contributed by atoms with Crippen molar-refractivity contribution in [3.63, 3.8) is 0 Å². The maximum Gasteiger partial charge on any atom is 0.132 e. The maximum absolute atomic E-state index is 5.36. The van der Waals surface area contributed by atoms with Gasteiger partial charge in [-0.1, -0.05) is 0 Å². The Balaban J connectivity index is 2.87. The molecule has 0 atom stereocenters. The van der Waals surface area contributed by atoms with Gasteiger partial charge in [0.05, 0.1) is 10.2 Å². The van der Waals surface area contributed by atoms with Crippen molar-refractivity contribution in [2.45, 2.75) is 6.92 Å². The smallest absolute Gasteiger partial charge is 0.132 e. The Labute approximate surface area is 85.4 Å². The highest BCUT2D eigenvalue weighted by atomic mass is 127. The zero-order valence-electron chi connectivity index (χ0n) is 6.80. The van der Waals surface area contributed by atoms with E-state index in [2.05, 4.69) is 28.0 Å². The van der Waals surface area contributed by atoms with E-state index in [4.69, 9.17) is 10.6 Å². The lowest BCUT2D eigenvalue weighted by molar-refractivity contribution is 0.338. The topological polar surface area (TPSA) is 47.3 Å². The van der Waals surface area contributed by atoms with Crippen molar-refractivity contribution in [1.82, 2.24) is 0 Å². The van der Waals surface area contributed by atoms with E-state index in [1.165, 1.54) is 0 Å². The van der Waals surface area contributed by atoms with Crippen molar-refractivity contribution >= 4 is 28.3 Å². The average Bonchev–Trinajstić information content (AvgIpc) is 2.09. The zero-order valence-corrected chi connectivity index (χ0v) is 8.96. The van der Waals surface area contributed by atoms with Crippen LogP contribution in [0.2, 0.25) is 0 Å². The van der Waals surface area contributed by atoms with Crippen LogP contribution in [0.25, 0.3) is 0 Å². The summed E-state index contributed by atoms with van der Waals surface area (Å²) < 4.78 is 6.42. The Morgan fingerprint density at radius 3 is 2.83 bits per heavy atom. The number of hydrogen-bond donors (Lipinski definition) is 2. The molecule has 0 saturated carbocycles. The van der Waals surface area contributed by atoms with E-state index in [1.54, 1.807) is 0 Å². The molecule has 0 aliphatic rings. The summed E-state index contributed by atoms with van der Waals surface area (Å²) >= 11 is 2.21. The van der Waals surface area contributed by atoms with E-state index in [-0.39, 0.29) is 0 Å². The Bertz CT molecular complexity index is 265. The van der Waals surface area contributed by atoms with Crippen molar-refractivity contribution in [1.29, 1.82) is 0 Å². The molecule has 0 saturated heterocycles. The van der Waals surface area contributed by atoms with Gasteiger partial charge in [0.15, 0.2) is 0 Å². The van der Waals surface area contributed by atoms with Crippen LogP contribution in [0.5, 0.6) is 5.75 Å². The predicted molar refractivity (Wildman–Crippen MR) is 58.1 cm³/mol. The first kappa shape index (κ1) is 9.60. The van der Waals surface area contributed by atoms with Gasteiger partial charge in [0.2, 0.25) is 0 Å². The second-order valence-electron chi connectivity index (χ2n) is 2.22. The molecule has 0 aliphatic carbocycles. The Morgan fingerprint density at radius 2 is 2.33 bits per heavy atom. The number of ether oxygens (including phenoxy) is 1. The van der Waals surface area contributed by atoms with E-state index < -0.39 is 0 Å². The lowest BCUT2D eigenvalue weighted by Crippen LogP contribution is -2.06. The Morgan fingerprint density at radius 1 is 1.58 bits per heavy atom. The number of rotatable bonds is 3. The second-order valence-corrected chi connectivity index (χ2v) is 3.38. The summed E-state index contributed by atoms with van der Waals surface area (Å²) in [6.45, 7) is 2.65. The summed E-state index contributed by atoms with van der Waals surface area (Å²) in [5.74, 6) is 6.15. The monoisotopic (exact) mass is 278 g/mol. The first-order chi connectivity index (χ1) is 5.77. The van der Waals surface area contributed by atoms with Crippen LogP contribution in [-0.2, 0) is 0 Å². The van der Waals surface area contributed by atoms with Gasteiger partial charge in [0.25, 0.3) is 0 Å². The Hall–Kier alpha value is -0.490. The third-order valence-electron chi connectivity index (χ3n) is 1.40. The van der Waals surface area contributed by atoms with Crippen LogP contribution in [-0.4, -0.2) is 6.61 Å². The fourth-order valence-electron chi connectivity index (χ4n) is 0.863. The van der Waals surface area contributed by atoms with Crippen LogP contribution >= 0.6 is 22.6 Å². The summed E-state index contributed by atoms with van der Waals surface area (Å²) in [6, 6.07) is 5.72. The molecule has 0 aliphatic heterocycles. The molecule has 0 spiro atoms. The van der Waals surface area contributed by atoms with Gasteiger partial charge in [-0.3, -0.25) is 5.84 Å². The third kappa shape index (κ3) is 2.25. The van der Waals surface area contributed by atoms with E-state index in [1.807, 2.05) is 25.1 Å². The molecule has 3 N–H and O–H groups in total. The minimum Gasteiger partial charge on any atom is -0.493 e. The molecule has 0 radical (unpaired) electrons. The third-order valence-corrected chi connectivity index (χ3v) is 2.24. The van der Waals surface area contributed by atoms with Gasteiger partial charge in [0.1, 0.15) is 5.75 Å². The number of hydrogen-bond acceptors (Lipinski definition) is 3. The van der Waals surface area contributed by atoms with Crippen LogP contribution in [0, 0.1) is 3.57 Å². The highest BCUT2D eigenvalue weighted by molar-refractivity contribution is 14.1. The van der Waals surface area contributed by atoms with Crippen molar-refractivity contribution in [2.75, 3.05) is 12.0 Å². The van der Waals surface area contributed by atoms with Gasteiger partial charge in [-0.15, -0.1) is 0 Å². The quantitative estimate of drug-likeness (QED) is 0.505. The second kappa shape index (κ2) is 4.51. The summed E-state index contributed by atoms with van der Waals surface area (Å²) in [4.78, 5) is 0. The molecule has 4 heteroatoms. The lowest BCUT2D eigenvalue weighted by Gasteiger charge is -2.07. The predicted octanol–water partition coefficient (Wildman–Crippen LogP) is 1.98. The summed E-state index contributed by atoms with van der Waals surface area (Å²) in [7, 11) is 0. The van der Waals surface area contributed by atoms with Gasteiger partial charge < -0.3 is 10.2 Å². The summed E-state index contributed by atoms with van der Waals surface area (Å²) in [5, 5.41) is 0. The number of halogens is 1. The molecule has 0 amide bonds. The highest BCUT2D eigenvalue weighted by Gasteiger charge is 1.99. The molecule has 3 nitrogen and oxygen atoms in total. The van der Waals surface area contributed by atoms with Crippen molar-refractivity contribution in [2.24, 2.45) is 5.84 Å². The Kier molecular flexibility index (Phi) is 3.61. The first-order valence-electron chi connectivity index (χ1n) is 3.67. The summed E-state index contributed by atoms with van der Waals surface area (Å²) in [5.41, 5.74) is 3.47. The largest absolute Gasteiger partial charge is 0.493 e. The molecule has 1 aromatic carbocycles. The number of nitrogens with two attached hydrogens (primary N) is 1. The van der Waals surface area contributed by atoms with Crippen molar-refractivity contribution in [3.8, 4) is 5.75 Å². The first-order valence-corrected chi connectivity index (χ1v) is 4.74. The molecule has 0 aromatic heterocycles. The van der Waals surface area contributed by atoms with Gasteiger partial charge in [-0.25, -0.2) is 0 Å². The van der Waals surface area contributed by atoms with Gasteiger partial charge in [-0.2, -0.15) is 0 Å². The normalized spacial score (nSPS) is 9.58. The number of anilines is 1. The molecular weight excluding hydrogens is 267 g/mol. The van der Waals surface area contributed by atoms with E-state index in [9.17, 15) is 0 Å². The fraction of sp³-hybridized carbons (Fsp3) is 0.250. The standard InChI is InChI=1S/C8H11IN2O/c1-2-12-8-4-3-6(11-10)5-7(8)9/h3-5,11H,2,10H2,1H3. The van der Waals surface area contributed by atoms with Crippen LogP contribution in [0.15, 0.2) is 18.2 Å². The van der Waals surface area contributed by atoms with E-state index in [0.29, 0.717) is 6.61 Å². The molecule has 1 rings (SSSR count). The van der Waals surface area contributed by atoms with Gasteiger partial charge in [-0.05, 0) is 47.7 Å². The number of nitrogen functional groups attached to an aromatic ring is 1. The van der Waals surface area contributed by atoms with Crippen LogP contribution in [0.4, 0.5) is 5.69 Å². The van der Waals surface area contributed by atoms with E-state index in [0.717, 1.165) is 15.0 Å². The molecule has 0 heterocycles. The molecular formula is C8H11IN2O. The number of benzene rings is 1. The minimum absolute atomic E-state index is 0.686. The average molecular weight is 278 g/mol. The van der Waals surface area contributed by atoms with Crippen molar-refractivity contribution < 1.29 is 4.74 Å². The van der Waals surface area contributed by atoms with Crippen LogP contribution in [0.3, 0.4) is 0 Å². The molecule has 66 valence electrons. The SMILES string of the molecule is CCOc1ccc(NN)cc1I. The molecule has 0 unspecified atom stereocenters.